The van der Waals surface area contributed by atoms with Crippen molar-refractivity contribution in [2.24, 2.45) is 0 Å². The van der Waals surface area contributed by atoms with Crippen molar-refractivity contribution in [2.75, 3.05) is 0 Å². The first-order valence-corrected chi connectivity index (χ1v) is 5.97. The molecular formula is C13H14N2O2. The first kappa shape index (κ1) is 10.3. The second-order valence-corrected chi connectivity index (χ2v) is 4.49. The lowest BCUT2D eigenvalue weighted by atomic mass is 10.1. The minimum atomic E-state index is -0.0122. The molecule has 88 valence electrons. The molecule has 0 bridgehead atoms. The van der Waals surface area contributed by atoms with Gasteiger partial charge in [-0.2, -0.15) is 0 Å². The normalized spacial score (nSPS) is 16.5. The Kier molecular flexibility index (Phi) is 2.55. The van der Waals surface area contributed by atoms with Crippen LogP contribution in [0.25, 0.3) is 11.1 Å². The van der Waals surface area contributed by atoms with Gasteiger partial charge in [-0.25, -0.2) is 4.98 Å². The Bertz CT molecular complexity index is 541. The maximum atomic E-state index is 12.0. The van der Waals surface area contributed by atoms with Crippen molar-refractivity contribution >= 4 is 17.0 Å². The van der Waals surface area contributed by atoms with Crippen LogP contribution in [-0.2, 0) is 0 Å². The van der Waals surface area contributed by atoms with Gasteiger partial charge in [0.1, 0.15) is 5.52 Å². The first-order valence-electron chi connectivity index (χ1n) is 5.97. The van der Waals surface area contributed by atoms with Crippen LogP contribution in [0.4, 0.5) is 0 Å². The van der Waals surface area contributed by atoms with Crippen LogP contribution in [-0.4, -0.2) is 16.9 Å². The average Bonchev–Trinajstić information content (AvgIpc) is 2.97. The van der Waals surface area contributed by atoms with Crippen molar-refractivity contribution in [1.82, 2.24) is 10.3 Å². The molecule has 2 aromatic rings. The highest BCUT2D eigenvalue weighted by Crippen LogP contribution is 2.19. The summed E-state index contributed by atoms with van der Waals surface area (Å²) >= 11 is 0. The summed E-state index contributed by atoms with van der Waals surface area (Å²) in [4.78, 5) is 16.0. The number of benzene rings is 1. The lowest BCUT2D eigenvalue weighted by Gasteiger charge is -2.11. The molecule has 1 saturated carbocycles. The third-order valence-corrected chi connectivity index (χ3v) is 3.28. The van der Waals surface area contributed by atoms with Gasteiger partial charge in [0.2, 0.25) is 0 Å². The molecule has 1 aromatic heterocycles. The first-order chi connectivity index (χ1) is 8.33. The number of amides is 1. The third-order valence-electron chi connectivity index (χ3n) is 3.28. The maximum Gasteiger partial charge on any atom is 0.251 e. The van der Waals surface area contributed by atoms with E-state index >= 15 is 0 Å². The molecule has 3 rings (SSSR count). The van der Waals surface area contributed by atoms with E-state index < -0.39 is 0 Å². The van der Waals surface area contributed by atoms with E-state index in [1.54, 1.807) is 18.2 Å². The summed E-state index contributed by atoms with van der Waals surface area (Å²) in [6.07, 6.45) is 6.01. The van der Waals surface area contributed by atoms with Crippen LogP contribution >= 0.6 is 0 Å². The molecule has 4 nitrogen and oxygen atoms in total. The smallest absolute Gasteiger partial charge is 0.251 e. The van der Waals surface area contributed by atoms with E-state index in [4.69, 9.17) is 4.42 Å². The van der Waals surface area contributed by atoms with Gasteiger partial charge in [0.25, 0.3) is 5.91 Å². The van der Waals surface area contributed by atoms with Gasteiger partial charge in [0, 0.05) is 11.6 Å². The molecule has 17 heavy (non-hydrogen) atoms. The molecule has 1 aliphatic carbocycles. The van der Waals surface area contributed by atoms with Gasteiger partial charge < -0.3 is 9.73 Å². The highest BCUT2D eigenvalue weighted by molar-refractivity contribution is 5.97. The summed E-state index contributed by atoms with van der Waals surface area (Å²) in [5.74, 6) is -0.0122. The van der Waals surface area contributed by atoms with Gasteiger partial charge in [0.15, 0.2) is 12.0 Å². The van der Waals surface area contributed by atoms with Crippen LogP contribution in [0.2, 0.25) is 0 Å². The molecule has 0 atom stereocenters. The Morgan fingerprint density at radius 2 is 2.18 bits per heavy atom. The SMILES string of the molecule is O=C(NC1CCCC1)c1ccc2ocnc2c1. The lowest BCUT2D eigenvalue weighted by molar-refractivity contribution is 0.0938. The molecule has 1 N–H and O–H groups in total. The monoisotopic (exact) mass is 230 g/mol. The van der Waals surface area contributed by atoms with Gasteiger partial charge in [-0.1, -0.05) is 12.8 Å². The van der Waals surface area contributed by atoms with E-state index in [0.29, 0.717) is 17.2 Å². The van der Waals surface area contributed by atoms with E-state index in [1.165, 1.54) is 19.2 Å². The van der Waals surface area contributed by atoms with Crippen LogP contribution in [0.15, 0.2) is 29.0 Å². The van der Waals surface area contributed by atoms with Gasteiger partial charge in [-0.3, -0.25) is 4.79 Å². The van der Waals surface area contributed by atoms with Gasteiger partial charge in [-0.15, -0.1) is 0 Å². The van der Waals surface area contributed by atoms with Crippen molar-refractivity contribution in [3.05, 3.63) is 30.2 Å². The standard InChI is InChI=1S/C13H14N2O2/c16-13(15-10-3-1-2-4-10)9-5-6-12-11(7-9)14-8-17-12/h5-8,10H,1-4H2,(H,15,16). The number of hydrogen-bond acceptors (Lipinski definition) is 3. The summed E-state index contributed by atoms with van der Waals surface area (Å²) in [5.41, 5.74) is 2.09. The highest BCUT2D eigenvalue weighted by atomic mass is 16.3. The fourth-order valence-corrected chi connectivity index (χ4v) is 2.34. The van der Waals surface area contributed by atoms with Crippen LogP contribution < -0.4 is 5.32 Å². The second-order valence-electron chi connectivity index (χ2n) is 4.49. The molecule has 1 aliphatic rings. The number of carbonyl (C=O) groups excluding carboxylic acids is 1. The van der Waals surface area contributed by atoms with E-state index in [0.717, 1.165) is 18.4 Å². The summed E-state index contributed by atoms with van der Waals surface area (Å²) in [5, 5.41) is 3.05. The molecule has 1 heterocycles. The number of oxazole rings is 1. The molecule has 0 spiro atoms. The van der Waals surface area contributed by atoms with Crippen LogP contribution in [0.3, 0.4) is 0 Å². The van der Waals surface area contributed by atoms with Crippen LogP contribution in [0.5, 0.6) is 0 Å². The largest absolute Gasteiger partial charge is 0.443 e. The van der Waals surface area contributed by atoms with E-state index in [2.05, 4.69) is 10.3 Å². The highest BCUT2D eigenvalue weighted by Gasteiger charge is 2.18. The maximum absolute atomic E-state index is 12.0. The predicted octanol–water partition coefficient (Wildman–Crippen LogP) is 2.50. The molecule has 0 aliphatic heterocycles. The van der Waals surface area contributed by atoms with Crippen molar-refractivity contribution < 1.29 is 9.21 Å². The van der Waals surface area contributed by atoms with E-state index in [-0.39, 0.29) is 5.91 Å². The van der Waals surface area contributed by atoms with Gasteiger partial charge >= 0.3 is 0 Å². The van der Waals surface area contributed by atoms with Crippen LogP contribution in [0, 0.1) is 0 Å². The average molecular weight is 230 g/mol. The van der Waals surface area contributed by atoms with E-state index in [1.807, 2.05) is 0 Å². The summed E-state index contributed by atoms with van der Waals surface area (Å²) in [6.45, 7) is 0. The molecule has 0 saturated heterocycles. The van der Waals surface area contributed by atoms with Gasteiger partial charge in [0.05, 0.1) is 0 Å². The Morgan fingerprint density at radius 1 is 1.35 bits per heavy atom. The van der Waals surface area contributed by atoms with Gasteiger partial charge in [-0.05, 0) is 31.0 Å². The Balaban J connectivity index is 1.79. The number of rotatable bonds is 2. The second kappa shape index (κ2) is 4.20. The van der Waals surface area contributed by atoms with Crippen molar-refractivity contribution in [3.8, 4) is 0 Å². The van der Waals surface area contributed by atoms with E-state index in [9.17, 15) is 4.79 Å². The number of carbonyl (C=O) groups is 1. The lowest BCUT2D eigenvalue weighted by Crippen LogP contribution is -2.32. The summed E-state index contributed by atoms with van der Waals surface area (Å²) in [7, 11) is 0. The molecule has 0 radical (unpaired) electrons. The number of aromatic nitrogens is 1. The predicted molar refractivity (Wildman–Crippen MR) is 63.7 cm³/mol. The minimum Gasteiger partial charge on any atom is -0.443 e. The number of nitrogens with one attached hydrogen (secondary N) is 1. The number of nitrogens with zero attached hydrogens (tertiary/aromatic N) is 1. The van der Waals surface area contributed by atoms with Crippen molar-refractivity contribution in [1.29, 1.82) is 0 Å². The van der Waals surface area contributed by atoms with Crippen molar-refractivity contribution in [2.45, 2.75) is 31.7 Å². The third kappa shape index (κ3) is 2.02. The number of hydrogen-bond donors (Lipinski definition) is 1. The van der Waals surface area contributed by atoms with Crippen LogP contribution in [0.1, 0.15) is 36.0 Å². The zero-order chi connectivity index (χ0) is 11.7. The summed E-state index contributed by atoms with van der Waals surface area (Å²) in [6, 6.07) is 5.67. The zero-order valence-corrected chi connectivity index (χ0v) is 9.48. The topological polar surface area (TPSA) is 55.1 Å². The molecular weight excluding hydrogens is 216 g/mol. The minimum absolute atomic E-state index is 0.0122. The Morgan fingerprint density at radius 3 is 3.00 bits per heavy atom. The zero-order valence-electron chi connectivity index (χ0n) is 9.48. The fraction of sp³-hybridized carbons (Fsp3) is 0.385. The molecule has 1 aromatic carbocycles. The molecule has 1 amide bonds. The molecule has 4 heteroatoms. The quantitative estimate of drug-likeness (QED) is 0.862. The van der Waals surface area contributed by atoms with Crippen molar-refractivity contribution in [3.63, 3.8) is 0 Å². The Labute approximate surface area is 99.0 Å². The summed E-state index contributed by atoms with van der Waals surface area (Å²) < 4.78 is 5.14. The Hall–Kier alpha value is -1.84. The fourth-order valence-electron chi connectivity index (χ4n) is 2.34. The molecule has 0 unspecified atom stereocenters. The number of fused-ring (bicyclic) bond motifs is 1. The molecule has 1 fully saturated rings.